The largest absolute Gasteiger partial charge is 0.490 e. The third-order valence-electron chi connectivity index (χ3n) is 2.71. The Hall–Kier alpha value is -1.02. The van der Waals surface area contributed by atoms with Crippen LogP contribution >= 0.6 is 0 Å². The van der Waals surface area contributed by atoms with Crippen molar-refractivity contribution < 1.29 is 4.74 Å². The average molecular weight is 221 g/mol. The minimum absolute atomic E-state index is 0.411. The SMILES string of the molecule is CC.CN1CCC(Oc2ccccc2)CC1. The van der Waals surface area contributed by atoms with E-state index < -0.39 is 0 Å². The maximum Gasteiger partial charge on any atom is 0.119 e. The molecule has 0 atom stereocenters. The zero-order chi connectivity index (χ0) is 11.8. The van der Waals surface area contributed by atoms with E-state index in [1.165, 1.54) is 0 Å². The van der Waals surface area contributed by atoms with Gasteiger partial charge in [0.05, 0.1) is 0 Å². The second kappa shape index (κ2) is 7.29. The van der Waals surface area contributed by atoms with Gasteiger partial charge in [0.1, 0.15) is 11.9 Å². The van der Waals surface area contributed by atoms with Gasteiger partial charge in [0, 0.05) is 13.1 Å². The standard InChI is InChI=1S/C12H17NO.C2H6/c1-13-9-7-12(8-10-13)14-11-5-3-2-4-6-11;1-2/h2-6,12H,7-10H2,1H3;1-2H3. The van der Waals surface area contributed by atoms with Gasteiger partial charge >= 0.3 is 0 Å². The molecule has 0 aliphatic carbocycles. The first-order chi connectivity index (χ1) is 7.84. The van der Waals surface area contributed by atoms with Crippen LogP contribution in [0.15, 0.2) is 30.3 Å². The molecule has 0 amide bonds. The second-order valence-electron chi connectivity index (χ2n) is 3.93. The smallest absolute Gasteiger partial charge is 0.119 e. The molecule has 0 radical (unpaired) electrons. The number of piperidine rings is 1. The molecule has 90 valence electrons. The lowest BCUT2D eigenvalue weighted by atomic mass is 10.1. The highest BCUT2D eigenvalue weighted by molar-refractivity contribution is 5.21. The molecule has 0 spiro atoms. The Kier molecular flexibility index (Phi) is 5.94. The van der Waals surface area contributed by atoms with E-state index in [4.69, 9.17) is 4.74 Å². The molecule has 1 aliphatic rings. The van der Waals surface area contributed by atoms with Crippen LogP contribution in [0.3, 0.4) is 0 Å². The zero-order valence-corrected chi connectivity index (χ0v) is 10.6. The van der Waals surface area contributed by atoms with Gasteiger partial charge < -0.3 is 9.64 Å². The molecule has 0 N–H and O–H groups in total. The zero-order valence-electron chi connectivity index (χ0n) is 10.6. The molecule has 2 rings (SSSR count). The van der Waals surface area contributed by atoms with Crippen molar-refractivity contribution in [2.75, 3.05) is 20.1 Å². The lowest BCUT2D eigenvalue weighted by Crippen LogP contribution is -2.35. The van der Waals surface area contributed by atoms with E-state index in [1.54, 1.807) is 0 Å². The molecule has 1 fully saturated rings. The quantitative estimate of drug-likeness (QED) is 0.760. The molecule has 2 nitrogen and oxygen atoms in total. The third kappa shape index (κ3) is 4.23. The molecule has 1 aromatic rings. The number of para-hydroxylation sites is 1. The van der Waals surface area contributed by atoms with E-state index >= 15 is 0 Å². The molecule has 0 bridgehead atoms. The van der Waals surface area contributed by atoms with Crippen molar-refractivity contribution in [1.82, 2.24) is 4.90 Å². The first kappa shape index (κ1) is 13.0. The maximum absolute atomic E-state index is 5.88. The second-order valence-corrected chi connectivity index (χ2v) is 3.93. The van der Waals surface area contributed by atoms with Crippen LogP contribution in [-0.2, 0) is 0 Å². The van der Waals surface area contributed by atoms with Crippen LogP contribution in [0, 0.1) is 0 Å². The molecule has 0 unspecified atom stereocenters. The molecule has 1 aliphatic heterocycles. The van der Waals surface area contributed by atoms with Gasteiger partial charge in [-0.15, -0.1) is 0 Å². The highest BCUT2D eigenvalue weighted by Gasteiger charge is 2.17. The van der Waals surface area contributed by atoms with Gasteiger partial charge in [0.25, 0.3) is 0 Å². The number of rotatable bonds is 2. The summed E-state index contributed by atoms with van der Waals surface area (Å²) in [6, 6.07) is 10.1. The predicted octanol–water partition coefficient (Wildman–Crippen LogP) is 3.19. The van der Waals surface area contributed by atoms with E-state index in [0.29, 0.717) is 6.10 Å². The number of nitrogens with zero attached hydrogens (tertiary/aromatic N) is 1. The summed E-state index contributed by atoms with van der Waals surface area (Å²) < 4.78 is 5.88. The summed E-state index contributed by atoms with van der Waals surface area (Å²) in [5.41, 5.74) is 0. The van der Waals surface area contributed by atoms with Crippen molar-refractivity contribution in [2.45, 2.75) is 32.8 Å². The van der Waals surface area contributed by atoms with Gasteiger partial charge in [0.15, 0.2) is 0 Å². The van der Waals surface area contributed by atoms with Crippen molar-refractivity contribution in [3.05, 3.63) is 30.3 Å². The average Bonchev–Trinajstić information content (AvgIpc) is 2.36. The number of ether oxygens (including phenoxy) is 1. The van der Waals surface area contributed by atoms with Gasteiger partial charge in [-0.2, -0.15) is 0 Å². The van der Waals surface area contributed by atoms with Crippen molar-refractivity contribution >= 4 is 0 Å². The molecular weight excluding hydrogens is 198 g/mol. The van der Waals surface area contributed by atoms with Crippen molar-refractivity contribution in [2.24, 2.45) is 0 Å². The molecule has 1 heterocycles. The fraction of sp³-hybridized carbons (Fsp3) is 0.571. The molecule has 1 aromatic carbocycles. The Morgan fingerprint density at radius 3 is 2.19 bits per heavy atom. The Morgan fingerprint density at radius 1 is 1.06 bits per heavy atom. The fourth-order valence-corrected chi connectivity index (χ4v) is 1.79. The number of benzene rings is 1. The topological polar surface area (TPSA) is 12.5 Å². The van der Waals surface area contributed by atoms with Crippen LogP contribution in [-0.4, -0.2) is 31.1 Å². The monoisotopic (exact) mass is 221 g/mol. The van der Waals surface area contributed by atoms with E-state index in [-0.39, 0.29) is 0 Å². The van der Waals surface area contributed by atoms with Gasteiger partial charge in [0.2, 0.25) is 0 Å². The highest BCUT2D eigenvalue weighted by Crippen LogP contribution is 2.17. The lowest BCUT2D eigenvalue weighted by molar-refractivity contribution is 0.114. The van der Waals surface area contributed by atoms with E-state index in [1.807, 2.05) is 44.2 Å². The van der Waals surface area contributed by atoms with Crippen LogP contribution < -0.4 is 4.74 Å². The normalized spacial score (nSPS) is 17.4. The number of hydrogen-bond donors (Lipinski definition) is 0. The van der Waals surface area contributed by atoms with E-state index in [0.717, 1.165) is 31.7 Å². The number of hydrogen-bond acceptors (Lipinski definition) is 2. The van der Waals surface area contributed by atoms with Crippen molar-refractivity contribution in [3.63, 3.8) is 0 Å². The Morgan fingerprint density at radius 2 is 1.62 bits per heavy atom. The molecule has 0 saturated carbocycles. The Labute approximate surface area is 99.2 Å². The molecule has 1 saturated heterocycles. The summed E-state index contributed by atoms with van der Waals surface area (Å²) in [5.74, 6) is 1.00. The van der Waals surface area contributed by atoms with Gasteiger partial charge in [-0.3, -0.25) is 0 Å². The summed E-state index contributed by atoms with van der Waals surface area (Å²) in [6.07, 6.45) is 2.70. The molecule has 0 aromatic heterocycles. The summed E-state index contributed by atoms with van der Waals surface area (Å²) in [5, 5.41) is 0. The minimum atomic E-state index is 0.411. The van der Waals surface area contributed by atoms with E-state index in [9.17, 15) is 0 Å². The summed E-state index contributed by atoms with van der Waals surface area (Å²) in [7, 11) is 2.17. The Balaban J connectivity index is 0.000000606. The van der Waals surface area contributed by atoms with Gasteiger partial charge in [-0.05, 0) is 32.0 Å². The fourth-order valence-electron chi connectivity index (χ4n) is 1.79. The lowest BCUT2D eigenvalue weighted by Gasteiger charge is -2.29. The number of likely N-dealkylation sites (tertiary alicyclic amines) is 1. The van der Waals surface area contributed by atoms with Crippen LogP contribution in [0.5, 0.6) is 5.75 Å². The first-order valence-corrected chi connectivity index (χ1v) is 6.25. The van der Waals surface area contributed by atoms with Crippen molar-refractivity contribution in [3.8, 4) is 5.75 Å². The molecular formula is C14H23NO. The summed E-state index contributed by atoms with van der Waals surface area (Å²) >= 11 is 0. The summed E-state index contributed by atoms with van der Waals surface area (Å²) in [4.78, 5) is 2.35. The molecule has 2 heteroatoms. The van der Waals surface area contributed by atoms with Crippen LogP contribution in [0.1, 0.15) is 26.7 Å². The Bertz CT molecular complexity index is 265. The first-order valence-electron chi connectivity index (χ1n) is 6.25. The summed E-state index contributed by atoms with van der Waals surface area (Å²) in [6.45, 7) is 6.30. The minimum Gasteiger partial charge on any atom is -0.490 e. The van der Waals surface area contributed by atoms with Crippen molar-refractivity contribution in [1.29, 1.82) is 0 Å². The molecule has 16 heavy (non-hydrogen) atoms. The third-order valence-corrected chi connectivity index (χ3v) is 2.71. The van der Waals surface area contributed by atoms with E-state index in [2.05, 4.69) is 11.9 Å². The maximum atomic E-state index is 5.88. The van der Waals surface area contributed by atoms with Crippen LogP contribution in [0.2, 0.25) is 0 Å². The van der Waals surface area contributed by atoms with Crippen LogP contribution in [0.4, 0.5) is 0 Å². The van der Waals surface area contributed by atoms with Gasteiger partial charge in [-0.1, -0.05) is 32.0 Å². The predicted molar refractivity (Wildman–Crippen MR) is 68.9 cm³/mol. The highest BCUT2D eigenvalue weighted by atomic mass is 16.5. The van der Waals surface area contributed by atoms with Gasteiger partial charge in [-0.25, -0.2) is 0 Å². The van der Waals surface area contributed by atoms with Crippen LogP contribution in [0.25, 0.3) is 0 Å².